The molecule has 1 aliphatic heterocycles. The molecule has 94 valence electrons. The predicted octanol–water partition coefficient (Wildman–Crippen LogP) is 4.59. The van der Waals surface area contributed by atoms with Crippen molar-refractivity contribution in [2.75, 3.05) is 12.4 Å². The normalized spacial score (nSPS) is 21.7. The Balaban J connectivity index is 2.08. The molecule has 0 N–H and O–H groups in total. The summed E-state index contributed by atoms with van der Waals surface area (Å²) in [6, 6.07) is 6.18. The second-order valence-corrected chi connectivity index (χ2v) is 5.66. The molecule has 1 nitrogen and oxygen atoms in total. The van der Waals surface area contributed by atoms with Gasteiger partial charge in [0.25, 0.3) is 0 Å². The summed E-state index contributed by atoms with van der Waals surface area (Å²) < 4.78 is 0. The van der Waals surface area contributed by atoms with Gasteiger partial charge < -0.3 is 0 Å². The van der Waals surface area contributed by atoms with E-state index in [-0.39, 0.29) is 0 Å². The lowest BCUT2D eigenvalue weighted by Crippen LogP contribution is -2.40. The first-order chi connectivity index (χ1) is 8.20. The average Bonchev–Trinajstić information content (AvgIpc) is 2.33. The fourth-order valence-corrected chi connectivity index (χ4v) is 3.13. The SMILES string of the molecule is ClCC1CCCCN1Cc1ccc(Cl)cc1Cl. The van der Waals surface area contributed by atoms with Crippen LogP contribution in [0.25, 0.3) is 0 Å². The lowest BCUT2D eigenvalue weighted by Gasteiger charge is -2.34. The number of hydrogen-bond donors (Lipinski definition) is 0. The lowest BCUT2D eigenvalue weighted by molar-refractivity contribution is 0.155. The molecule has 0 aromatic heterocycles. The van der Waals surface area contributed by atoms with Crippen molar-refractivity contribution in [2.24, 2.45) is 0 Å². The van der Waals surface area contributed by atoms with Crippen LogP contribution in [0.1, 0.15) is 24.8 Å². The van der Waals surface area contributed by atoms with Crippen LogP contribution < -0.4 is 0 Å². The highest BCUT2D eigenvalue weighted by molar-refractivity contribution is 6.35. The minimum absolute atomic E-state index is 0.483. The molecule has 1 saturated heterocycles. The summed E-state index contributed by atoms with van der Waals surface area (Å²) in [7, 11) is 0. The third-order valence-corrected chi connectivity index (χ3v) is 4.26. The monoisotopic (exact) mass is 291 g/mol. The van der Waals surface area contributed by atoms with Crippen molar-refractivity contribution in [1.82, 2.24) is 4.90 Å². The third-order valence-electron chi connectivity index (χ3n) is 3.32. The van der Waals surface area contributed by atoms with E-state index in [1.807, 2.05) is 12.1 Å². The summed E-state index contributed by atoms with van der Waals surface area (Å²) in [5.74, 6) is 0.700. The quantitative estimate of drug-likeness (QED) is 0.737. The Morgan fingerprint density at radius 3 is 2.76 bits per heavy atom. The molecule has 1 fully saturated rings. The first-order valence-electron chi connectivity index (χ1n) is 5.94. The molecule has 1 heterocycles. The zero-order valence-corrected chi connectivity index (χ0v) is 11.9. The zero-order valence-electron chi connectivity index (χ0n) is 9.63. The molecule has 0 aliphatic carbocycles. The van der Waals surface area contributed by atoms with Gasteiger partial charge in [-0.25, -0.2) is 0 Å². The van der Waals surface area contributed by atoms with Crippen molar-refractivity contribution >= 4 is 34.8 Å². The number of nitrogens with zero attached hydrogens (tertiary/aromatic N) is 1. The van der Waals surface area contributed by atoms with E-state index in [1.54, 1.807) is 6.07 Å². The van der Waals surface area contributed by atoms with Gasteiger partial charge in [-0.05, 0) is 37.1 Å². The van der Waals surface area contributed by atoms with E-state index in [1.165, 1.54) is 19.3 Å². The Hall–Kier alpha value is 0.0500. The maximum Gasteiger partial charge on any atom is 0.0465 e. The predicted molar refractivity (Wildman–Crippen MR) is 75.2 cm³/mol. The van der Waals surface area contributed by atoms with E-state index in [0.29, 0.717) is 16.9 Å². The highest BCUT2D eigenvalue weighted by atomic mass is 35.5. The molecule has 4 heteroatoms. The van der Waals surface area contributed by atoms with Crippen molar-refractivity contribution < 1.29 is 0 Å². The molecule has 0 saturated carbocycles. The Morgan fingerprint density at radius 1 is 1.24 bits per heavy atom. The van der Waals surface area contributed by atoms with Crippen LogP contribution in [0.5, 0.6) is 0 Å². The van der Waals surface area contributed by atoms with E-state index < -0.39 is 0 Å². The molecule has 1 aromatic rings. The van der Waals surface area contributed by atoms with Gasteiger partial charge in [0.2, 0.25) is 0 Å². The molecule has 0 amide bonds. The van der Waals surface area contributed by atoms with Gasteiger partial charge in [-0.2, -0.15) is 0 Å². The van der Waals surface area contributed by atoms with Crippen molar-refractivity contribution in [3.05, 3.63) is 33.8 Å². The number of piperidine rings is 1. The van der Waals surface area contributed by atoms with Crippen LogP contribution in [0.3, 0.4) is 0 Å². The van der Waals surface area contributed by atoms with Gasteiger partial charge in [-0.3, -0.25) is 4.90 Å². The van der Waals surface area contributed by atoms with Crippen LogP contribution >= 0.6 is 34.8 Å². The van der Waals surface area contributed by atoms with E-state index in [9.17, 15) is 0 Å². The molecular weight excluding hydrogens is 277 g/mol. The van der Waals surface area contributed by atoms with Gasteiger partial charge in [0.1, 0.15) is 0 Å². The molecule has 1 aromatic carbocycles. The fraction of sp³-hybridized carbons (Fsp3) is 0.538. The van der Waals surface area contributed by atoms with Crippen LogP contribution in [0.4, 0.5) is 0 Å². The number of benzene rings is 1. The fourth-order valence-electron chi connectivity index (χ4n) is 2.31. The molecule has 17 heavy (non-hydrogen) atoms. The summed E-state index contributed by atoms with van der Waals surface area (Å²) in [4.78, 5) is 2.42. The first kappa shape index (κ1) is 13.5. The van der Waals surface area contributed by atoms with Crippen LogP contribution in [0.2, 0.25) is 10.0 Å². The average molecular weight is 293 g/mol. The van der Waals surface area contributed by atoms with Crippen LogP contribution in [-0.4, -0.2) is 23.4 Å². The molecule has 0 radical (unpaired) electrons. The summed E-state index contributed by atoms with van der Waals surface area (Å²) in [6.07, 6.45) is 3.72. The van der Waals surface area contributed by atoms with Gasteiger partial charge in [0.15, 0.2) is 0 Å². The second kappa shape index (κ2) is 6.29. The second-order valence-electron chi connectivity index (χ2n) is 4.51. The number of halogens is 3. The van der Waals surface area contributed by atoms with Crippen LogP contribution in [0, 0.1) is 0 Å². The molecule has 1 unspecified atom stereocenters. The summed E-state index contributed by atoms with van der Waals surface area (Å²) >= 11 is 18.1. The van der Waals surface area contributed by atoms with Crippen molar-refractivity contribution in [3.63, 3.8) is 0 Å². The Kier molecular flexibility index (Phi) is 4.98. The van der Waals surface area contributed by atoms with E-state index >= 15 is 0 Å². The maximum absolute atomic E-state index is 6.20. The number of rotatable bonds is 3. The summed E-state index contributed by atoms with van der Waals surface area (Å²) in [5, 5.41) is 1.43. The summed E-state index contributed by atoms with van der Waals surface area (Å²) in [5.41, 5.74) is 1.13. The van der Waals surface area contributed by atoms with Crippen molar-refractivity contribution in [3.8, 4) is 0 Å². The van der Waals surface area contributed by atoms with Gasteiger partial charge in [0, 0.05) is 28.5 Å². The molecular formula is C13H16Cl3N. The Morgan fingerprint density at radius 2 is 2.06 bits per heavy atom. The standard InChI is InChI=1S/C13H16Cl3N/c14-8-12-3-1-2-6-17(12)9-10-4-5-11(15)7-13(10)16/h4-5,7,12H,1-3,6,8-9H2. The van der Waals surface area contributed by atoms with E-state index in [4.69, 9.17) is 34.8 Å². The topological polar surface area (TPSA) is 3.24 Å². The zero-order chi connectivity index (χ0) is 12.3. The van der Waals surface area contributed by atoms with E-state index in [2.05, 4.69) is 4.90 Å². The van der Waals surface area contributed by atoms with E-state index in [0.717, 1.165) is 23.7 Å². The Bertz CT molecular complexity index is 381. The van der Waals surface area contributed by atoms with Crippen molar-refractivity contribution in [2.45, 2.75) is 31.8 Å². The molecule has 2 rings (SSSR count). The van der Waals surface area contributed by atoms with Gasteiger partial charge in [0.05, 0.1) is 0 Å². The molecule has 1 aliphatic rings. The largest absolute Gasteiger partial charge is 0.295 e. The van der Waals surface area contributed by atoms with Crippen molar-refractivity contribution in [1.29, 1.82) is 0 Å². The number of likely N-dealkylation sites (tertiary alicyclic amines) is 1. The smallest absolute Gasteiger partial charge is 0.0465 e. The highest BCUT2D eigenvalue weighted by Gasteiger charge is 2.22. The minimum Gasteiger partial charge on any atom is -0.295 e. The molecule has 0 bridgehead atoms. The third kappa shape index (κ3) is 3.51. The first-order valence-corrected chi connectivity index (χ1v) is 7.23. The highest BCUT2D eigenvalue weighted by Crippen LogP contribution is 2.26. The maximum atomic E-state index is 6.20. The van der Waals surface area contributed by atoms with Gasteiger partial charge >= 0.3 is 0 Å². The number of hydrogen-bond acceptors (Lipinski definition) is 1. The summed E-state index contributed by atoms with van der Waals surface area (Å²) in [6.45, 7) is 1.98. The van der Waals surface area contributed by atoms with Crippen LogP contribution in [0.15, 0.2) is 18.2 Å². The van der Waals surface area contributed by atoms with Gasteiger partial charge in [-0.15, -0.1) is 11.6 Å². The molecule has 1 atom stereocenters. The molecule has 0 spiro atoms. The Labute approximate surface area is 118 Å². The minimum atomic E-state index is 0.483. The lowest BCUT2D eigenvalue weighted by atomic mass is 10.0. The van der Waals surface area contributed by atoms with Gasteiger partial charge in [-0.1, -0.05) is 35.7 Å². The van der Waals surface area contributed by atoms with Crippen LogP contribution in [-0.2, 0) is 6.54 Å². The number of alkyl halides is 1.